The van der Waals surface area contributed by atoms with Gasteiger partial charge in [0, 0.05) is 37.9 Å². The van der Waals surface area contributed by atoms with Crippen LogP contribution in [-0.4, -0.2) is 59.4 Å². The van der Waals surface area contributed by atoms with Crippen molar-refractivity contribution in [1.82, 2.24) is 9.91 Å². The Morgan fingerprint density at radius 3 is 2.66 bits per heavy atom. The van der Waals surface area contributed by atoms with Crippen LogP contribution in [0, 0.1) is 0 Å². The summed E-state index contributed by atoms with van der Waals surface area (Å²) in [5.41, 5.74) is 2.29. The number of hydrogen-bond acceptors (Lipinski definition) is 7. The van der Waals surface area contributed by atoms with Gasteiger partial charge in [0.05, 0.1) is 25.5 Å². The van der Waals surface area contributed by atoms with Crippen molar-refractivity contribution in [2.24, 2.45) is 5.10 Å². The number of rotatable bonds is 3. The zero-order valence-corrected chi connectivity index (χ0v) is 18.3. The average Bonchev–Trinajstić information content (AvgIpc) is 3.27. The molecule has 1 fully saturated rings. The number of aromatic hydroxyl groups is 1. The molecule has 0 unspecified atom stereocenters. The van der Waals surface area contributed by atoms with E-state index in [1.165, 1.54) is 0 Å². The van der Waals surface area contributed by atoms with Crippen molar-refractivity contribution in [2.75, 3.05) is 26.8 Å². The molecule has 0 saturated carbocycles. The maximum absolute atomic E-state index is 12.2. The van der Waals surface area contributed by atoms with Gasteiger partial charge >= 0.3 is 6.09 Å². The smallest absolute Gasteiger partial charge is 0.409 e. The summed E-state index contributed by atoms with van der Waals surface area (Å²) < 4.78 is 17.5. The molecular formula is C24H27N3O5. The molecule has 3 heterocycles. The van der Waals surface area contributed by atoms with E-state index < -0.39 is 5.72 Å². The lowest BCUT2D eigenvalue weighted by Gasteiger charge is -2.51. The SMILES string of the molecule is CCOC(=O)N1CCC2(CC1)Oc1c(OC)cccc1[C@@H]1CC(c3ccc(O)cc3)=NN12. The first-order valence-electron chi connectivity index (χ1n) is 11.0. The summed E-state index contributed by atoms with van der Waals surface area (Å²) in [6.07, 6.45) is 1.64. The van der Waals surface area contributed by atoms with Crippen LogP contribution in [0.15, 0.2) is 47.6 Å². The van der Waals surface area contributed by atoms with Gasteiger partial charge < -0.3 is 24.2 Å². The highest BCUT2D eigenvalue weighted by atomic mass is 16.6. The second kappa shape index (κ2) is 7.93. The molecule has 1 N–H and O–H groups in total. The van der Waals surface area contributed by atoms with Crippen molar-refractivity contribution in [3.63, 3.8) is 0 Å². The van der Waals surface area contributed by atoms with Crippen LogP contribution in [0.25, 0.3) is 0 Å². The van der Waals surface area contributed by atoms with Crippen LogP contribution in [0.1, 0.15) is 43.4 Å². The first kappa shape index (κ1) is 20.5. The molecule has 2 aromatic carbocycles. The standard InChI is InChI=1S/C24H27N3O5/c1-3-31-23(29)26-13-11-24(12-14-26)27-20(18-5-4-6-21(30-2)22(18)32-24)15-19(25-27)16-7-9-17(28)10-8-16/h4-10,20,28H,3,11-15H2,1-2H3/t20-/m0/s1. The van der Waals surface area contributed by atoms with Gasteiger partial charge in [-0.15, -0.1) is 0 Å². The van der Waals surface area contributed by atoms with E-state index in [-0.39, 0.29) is 17.9 Å². The quantitative estimate of drug-likeness (QED) is 0.784. The molecular weight excluding hydrogens is 410 g/mol. The number of hydrogen-bond donors (Lipinski definition) is 1. The topological polar surface area (TPSA) is 83.8 Å². The van der Waals surface area contributed by atoms with Gasteiger partial charge in [0.25, 0.3) is 0 Å². The van der Waals surface area contributed by atoms with Gasteiger partial charge in [-0.05, 0) is 42.8 Å². The highest BCUT2D eigenvalue weighted by Gasteiger charge is 2.53. The summed E-state index contributed by atoms with van der Waals surface area (Å²) in [6.45, 7) is 3.22. The molecule has 2 aromatic rings. The predicted octanol–water partition coefficient (Wildman–Crippen LogP) is 3.89. The molecule has 1 atom stereocenters. The maximum Gasteiger partial charge on any atom is 0.409 e. The van der Waals surface area contributed by atoms with E-state index in [1.807, 2.05) is 31.2 Å². The zero-order valence-electron chi connectivity index (χ0n) is 18.3. The van der Waals surface area contributed by atoms with Crippen molar-refractivity contribution >= 4 is 11.8 Å². The van der Waals surface area contributed by atoms with E-state index in [9.17, 15) is 9.90 Å². The predicted molar refractivity (Wildman–Crippen MR) is 118 cm³/mol. The fourth-order valence-corrected chi connectivity index (χ4v) is 4.84. The number of para-hydroxylation sites is 1. The third-order valence-corrected chi connectivity index (χ3v) is 6.48. The third kappa shape index (κ3) is 3.30. The molecule has 3 aliphatic rings. The minimum Gasteiger partial charge on any atom is -0.508 e. The highest BCUT2D eigenvalue weighted by molar-refractivity contribution is 6.02. The molecule has 3 aliphatic heterocycles. The van der Waals surface area contributed by atoms with Gasteiger partial charge in [0.15, 0.2) is 11.5 Å². The molecule has 1 spiro atoms. The van der Waals surface area contributed by atoms with Crippen LogP contribution >= 0.6 is 0 Å². The van der Waals surface area contributed by atoms with E-state index in [0.29, 0.717) is 38.3 Å². The van der Waals surface area contributed by atoms with Crippen LogP contribution in [-0.2, 0) is 4.74 Å². The van der Waals surface area contributed by atoms with Crippen molar-refractivity contribution in [3.8, 4) is 17.2 Å². The Kier molecular flexibility index (Phi) is 5.07. The molecule has 5 rings (SSSR count). The van der Waals surface area contributed by atoms with Crippen LogP contribution in [0.5, 0.6) is 17.2 Å². The summed E-state index contributed by atoms with van der Waals surface area (Å²) in [4.78, 5) is 14.0. The second-order valence-corrected chi connectivity index (χ2v) is 8.27. The van der Waals surface area contributed by atoms with Crippen LogP contribution in [0.2, 0.25) is 0 Å². The number of benzene rings is 2. The summed E-state index contributed by atoms with van der Waals surface area (Å²) in [5.74, 6) is 1.68. The van der Waals surface area contributed by atoms with Crippen molar-refractivity contribution < 1.29 is 24.1 Å². The van der Waals surface area contributed by atoms with Crippen LogP contribution in [0.3, 0.4) is 0 Å². The molecule has 168 valence electrons. The maximum atomic E-state index is 12.2. The number of fused-ring (bicyclic) bond motifs is 4. The van der Waals surface area contributed by atoms with Gasteiger partial charge in [-0.1, -0.05) is 12.1 Å². The van der Waals surface area contributed by atoms with E-state index in [2.05, 4.69) is 11.1 Å². The number of carbonyl (C=O) groups is 1. The summed E-state index contributed by atoms with van der Waals surface area (Å²) in [6, 6.07) is 13.1. The molecule has 0 bridgehead atoms. The first-order valence-corrected chi connectivity index (χ1v) is 11.0. The summed E-state index contributed by atoms with van der Waals surface area (Å²) in [5, 5.41) is 16.8. The number of likely N-dealkylation sites (tertiary alicyclic amines) is 1. The lowest BCUT2D eigenvalue weighted by molar-refractivity contribution is -0.148. The molecule has 8 heteroatoms. The molecule has 8 nitrogen and oxygen atoms in total. The number of nitrogens with zero attached hydrogens (tertiary/aromatic N) is 3. The summed E-state index contributed by atoms with van der Waals surface area (Å²) >= 11 is 0. The van der Waals surface area contributed by atoms with Crippen molar-refractivity contribution in [2.45, 2.75) is 38.0 Å². The number of carbonyl (C=O) groups excluding carboxylic acids is 1. The molecule has 1 amide bonds. The Bertz CT molecular complexity index is 1040. The van der Waals surface area contributed by atoms with E-state index in [0.717, 1.165) is 29.0 Å². The molecule has 0 radical (unpaired) electrons. The van der Waals surface area contributed by atoms with Crippen LogP contribution in [0.4, 0.5) is 4.79 Å². The molecule has 1 saturated heterocycles. The lowest BCUT2D eigenvalue weighted by atomic mass is 9.90. The Morgan fingerprint density at radius 2 is 1.97 bits per heavy atom. The van der Waals surface area contributed by atoms with Crippen LogP contribution < -0.4 is 9.47 Å². The zero-order chi connectivity index (χ0) is 22.3. The van der Waals surface area contributed by atoms with E-state index in [1.54, 1.807) is 24.1 Å². The fourth-order valence-electron chi connectivity index (χ4n) is 4.84. The van der Waals surface area contributed by atoms with Gasteiger partial charge in [0.2, 0.25) is 5.72 Å². The number of phenols is 1. The van der Waals surface area contributed by atoms with Gasteiger partial charge in [-0.25, -0.2) is 9.80 Å². The van der Waals surface area contributed by atoms with Crippen molar-refractivity contribution in [3.05, 3.63) is 53.6 Å². The Morgan fingerprint density at radius 1 is 1.22 bits per heavy atom. The fraction of sp³-hybridized carbons (Fsp3) is 0.417. The number of methoxy groups -OCH3 is 1. The Balaban J connectivity index is 1.51. The number of phenolic OH excluding ortho intramolecular Hbond substituents is 1. The Labute approximate surface area is 187 Å². The van der Waals surface area contributed by atoms with Gasteiger partial charge in [-0.2, -0.15) is 5.10 Å². The number of ether oxygens (including phenoxy) is 3. The van der Waals surface area contributed by atoms with Gasteiger partial charge in [0.1, 0.15) is 5.75 Å². The minimum atomic E-state index is -0.673. The van der Waals surface area contributed by atoms with Gasteiger partial charge in [-0.3, -0.25) is 0 Å². The number of hydrazone groups is 1. The molecule has 32 heavy (non-hydrogen) atoms. The number of amides is 1. The molecule has 0 aromatic heterocycles. The van der Waals surface area contributed by atoms with E-state index >= 15 is 0 Å². The normalized spacial score (nSPS) is 20.8. The largest absolute Gasteiger partial charge is 0.508 e. The lowest BCUT2D eigenvalue weighted by Crippen LogP contribution is -2.59. The minimum absolute atomic E-state index is 0.00629. The average molecular weight is 437 g/mol. The second-order valence-electron chi connectivity index (χ2n) is 8.27. The van der Waals surface area contributed by atoms with E-state index in [4.69, 9.17) is 19.3 Å². The Hall–Kier alpha value is -3.42. The van der Waals surface area contributed by atoms with Crippen molar-refractivity contribution in [1.29, 1.82) is 0 Å². The third-order valence-electron chi connectivity index (χ3n) is 6.48. The summed E-state index contributed by atoms with van der Waals surface area (Å²) in [7, 11) is 1.65. The molecule has 0 aliphatic carbocycles. The number of piperidine rings is 1. The first-order chi connectivity index (χ1) is 15.5. The highest BCUT2D eigenvalue weighted by Crippen LogP contribution is 2.52. The monoisotopic (exact) mass is 437 g/mol.